The van der Waals surface area contributed by atoms with E-state index in [1.165, 1.54) is 30.6 Å². The van der Waals surface area contributed by atoms with Crippen molar-refractivity contribution in [3.63, 3.8) is 0 Å². The van der Waals surface area contributed by atoms with Crippen LogP contribution in [-0.4, -0.2) is 35.5 Å². The van der Waals surface area contributed by atoms with Crippen molar-refractivity contribution >= 4 is 50.6 Å². The zero-order valence-corrected chi connectivity index (χ0v) is 17.9. The Morgan fingerprint density at radius 1 is 1.31 bits per heavy atom. The van der Waals surface area contributed by atoms with Crippen LogP contribution in [-0.2, 0) is 6.42 Å². The van der Waals surface area contributed by atoms with Crippen LogP contribution >= 0.6 is 22.9 Å². The first kappa shape index (κ1) is 19.9. The first-order valence-electron chi connectivity index (χ1n) is 9.86. The number of nitrogen functional groups attached to an aromatic ring is 1. The summed E-state index contributed by atoms with van der Waals surface area (Å²) in [5.74, 6) is 0.687. The van der Waals surface area contributed by atoms with Gasteiger partial charge in [0.1, 0.15) is 15.5 Å². The summed E-state index contributed by atoms with van der Waals surface area (Å²) >= 11 is 7.79. The average Bonchev–Trinajstić information content (AvgIpc) is 3.04. The van der Waals surface area contributed by atoms with Crippen molar-refractivity contribution in [2.45, 2.75) is 32.6 Å². The highest BCUT2D eigenvalue weighted by molar-refractivity contribution is 7.21. The van der Waals surface area contributed by atoms with Crippen molar-refractivity contribution in [2.75, 3.05) is 30.3 Å². The molecule has 3 aromatic heterocycles. The number of hydrogen-bond donors (Lipinski definition) is 2. The van der Waals surface area contributed by atoms with Crippen LogP contribution in [0.4, 0.5) is 11.5 Å². The van der Waals surface area contributed by atoms with Gasteiger partial charge in [-0.15, -0.1) is 11.3 Å². The van der Waals surface area contributed by atoms with Crippen LogP contribution in [0.3, 0.4) is 0 Å². The third-order valence-corrected chi connectivity index (χ3v) is 6.56. The molecule has 0 bridgehead atoms. The summed E-state index contributed by atoms with van der Waals surface area (Å²) in [5, 5.41) is 4.44. The number of pyridine rings is 2. The second kappa shape index (κ2) is 8.55. The lowest BCUT2D eigenvalue weighted by Gasteiger charge is -2.28. The maximum Gasteiger partial charge on any atom is 0.263 e. The van der Waals surface area contributed by atoms with Crippen LogP contribution in [0.25, 0.3) is 10.2 Å². The predicted octanol–water partition coefficient (Wildman–Crippen LogP) is 4.20. The fourth-order valence-corrected chi connectivity index (χ4v) is 4.97. The SMILES string of the molecule is Cc1ccc2c(N)c(C(=O)NCCc3cnc(N4CCCCC4)c(Cl)c3)sc2n1. The quantitative estimate of drug-likeness (QED) is 0.635. The van der Waals surface area contributed by atoms with Gasteiger partial charge in [-0.25, -0.2) is 9.97 Å². The maximum absolute atomic E-state index is 12.6. The number of nitrogens with zero attached hydrogens (tertiary/aromatic N) is 3. The molecule has 1 saturated heterocycles. The van der Waals surface area contributed by atoms with Crippen LogP contribution < -0.4 is 16.0 Å². The second-order valence-electron chi connectivity index (χ2n) is 7.35. The average molecular weight is 430 g/mol. The smallest absolute Gasteiger partial charge is 0.263 e. The Labute approximate surface area is 179 Å². The van der Waals surface area contributed by atoms with E-state index in [0.717, 1.165) is 40.4 Å². The summed E-state index contributed by atoms with van der Waals surface area (Å²) in [6.07, 6.45) is 6.14. The minimum atomic E-state index is -0.174. The molecule has 8 heteroatoms. The molecule has 29 heavy (non-hydrogen) atoms. The van der Waals surface area contributed by atoms with E-state index in [1.807, 2.05) is 31.3 Å². The van der Waals surface area contributed by atoms with Gasteiger partial charge in [-0.2, -0.15) is 0 Å². The van der Waals surface area contributed by atoms with E-state index in [-0.39, 0.29) is 5.91 Å². The van der Waals surface area contributed by atoms with Crippen LogP contribution in [0.15, 0.2) is 24.4 Å². The van der Waals surface area contributed by atoms with Gasteiger partial charge in [0.2, 0.25) is 0 Å². The van der Waals surface area contributed by atoms with E-state index >= 15 is 0 Å². The number of carbonyl (C=O) groups excluding carboxylic acids is 1. The summed E-state index contributed by atoms with van der Waals surface area (Å²) in [5.41, 5.74) is 8.55. The Bertz CT molecular complexity index is 1040. The zero-order chi connectivity index (χ0) is 20.4. The van der Waals surface area contributed by atoms with E-state index in [1.54, 1.807) is 0 Å². The molecule has 4 heterocycles. The lowest BCUT2D eigenvalue weighted by Crippen LogP contribution is -2.30. The molecule has 3 aromatic rings. The molecule has 0 radical (unpaired) electrons. The monoisotopic (exact) mass is 429 g/mol. The Morgan fingerprint density at radius 2 is 2.10 bits per heavy atom. The van der Waals surface area contributed by atoms with Crippen molar-refractivity contribution in [2.24, 2.45) is 0 Å². The molecule has 0 unspecified atom stereocenters. The number of nitrogens with two attached hydrogens (primary N) is 1. The van der Waals surface area contributed by atoms with Crippen LogP contribution in [0.1, 0.15) is 40.2 Å². The van der Waals surface area contributed by atoms with E-state index in [0.29, 0.717) is 28.6 Å². The first-order chi connectivity index (χ1) is 14.0. The number of rotatable bonds is 5. The van der Waals surface area contributed by atoms with Gasteiger partial charge in [0.15, 0.2) is 0 Å². The molecule has 4 rings (SSSR count). The topological polar surface area (TPSA) is 84.1 Å². The minimum Gasteiger partial charge on any atom is -0.397 e. The Kier molecular flexibility index (Phi) is 5.87. The second-order valence-corrected chi connectivity index (χ2v) is 8.76. The summed E-state index contributed by atoms with van der Waals surface area (Å²) in [7, 11) is 0. The van der Waals surface area contributed by atoms with Crippen molar-refractivity contribution in [3.8, 4) is 0 Å². The van der Waals surface area contributed by atoms with Crippen LogP contribution in [0.5, 0.6) is 0 Å². The Balaban J connectivity index is 1.38. The number of fused-ring (bicyclic) bond motifs is 1. The van der Waals surface area contributed by atoms with Crippen molar-refractivity contribution in [1.29, 1.82) is 0 Å². The third kappa shape index (κ3) is 4.31. The molecule has 152 valence electrons. The van der Waals surface area contributed by atoms with E-state index in [2.05, 4.69) is 20.2 Å². The number of hydrogen-bond acceptors (Lipinski definition) is 6. The molecular weight excluding hydrogens is 406 g/mol. The van der Waals surface area contributed by atoms with Gasteiger partial charge in [0.05, 0.1) is 10.7 Å². The number of anilines is 2. The molecule has 1 aliphatic rings. The van der Waals surface area contributed by atoms with Crippen LogP contribution in [0.2, 0.25) is 5.02 Å². The number of halogens is 1. The van der Waals surface area contributed by atoms with E-state index < -0.39 is 0 Å². The fourth-order valence-electron chi connectivity index (χ4n) is 3.60. The predicted molar refractivity (Wildman–Crippen MR) is 120 cm³/mol. The molecule has 0 aliphatic carbocycles. The molecule has 1 fully saturated rings. The van der Waals surface area contributed by atoms with Gasteiger partial charge in [-0.05, 0) is 56.4 Å². The lowest BCUT2D eigenvalue weighted by atomic mass is 10.1. The Morgan fingerprint density at radius 3 is 2.86 bits per heavy atom. The number of aryl methyl sites for hydroxylation is 1. The van der Waals surface area contributed by atoms with Gasteiger partial charge in [0, 0.05) is 36.9 Å². The first-order valence-corrected chi connectivity index (χ1v) is 11.1. The minimum absolute atomic E-state index is 0.174. The molecule has 0 saturated carbocycles. The highest BCUT2D eigenvalue weighted by Crippen LogP contribution is 2.32. The fraction of sp³-hybridized carbons (Fsp3) is 0.381. The molecule has 0 aromatic carbocycles. The van der Waals surface area contributed by atoms with Gasteiger partial charge in [0.25, 0.3) is 5.91 Å². The summed E-state index contributed by atoms with van der Waals surface area (Å²) in [6, 6.07) is 5.76. The van der Waals surface area contributed by atoms with Gasteiger partial charge >= 0.3 is 0 Å². The van der Waals surface area contributed by atoms with E-state index in [9.17, 15) is 4.79 Å². The maximum atomic E-state index is 12.6. The Hall–Kier alpha value is -2.38. The molecule has 0 spiro atoms. The lowest BCUT2D eigenvalue weighted by molar-refractivity contribution is 0.0959. The van der Waals surface area contributed by atoms with Crippen molar-refractivity contribution in [1.82, 2.24) is 15.3 Å². The number of aromatic nitrogens is 2. The van der Waals surface area contributed by atoms with Crippen LogP contribution in [0, 0.1) is 6.92 Å². The number of piperidine rings is 1. The summed E-state index contributed by atoms with van der Waals surface area (Å²) in [6.45, 7) is 4.42. The highest BCUT2D eigenvalue weighted by Gasteiger charge is 2.18. The molecule has 6 nitrogen and oxygen atoms in total. The molecule has 0 atom stereocenters. The molecule has 1 amide bonds. The van der Waals surface area contributed by atoms with Gasteiger partial charge in [-0.1, -0.05) is 11.6 Å². The van der Waals surface area contributed by atoms with E-state index in [4.69, 9.17) is 17.3 Å². The third-order valence-electron chi connectivity index (χ3n) is 5.17. The summed E-state index contributed by atoms with van der Waals surface area (Å²) in [4.78, 5) is 25.1. The number of nitrogens with one attached hydrogen (secondary N) is 1. The van der Waals surface area contributed by atoms with Crippen molar-refractivity contribution in [3.05, 3.63) is 45.6 Å². The highest BCUT2D eigenvalue weighted by atomic mass is 35.5. The standard InChI is InChI=1S/C21H24ClN5OS/c1-13-5-6-15-17(23)18(29-21(15)26-13)20(28)24-8-7-14-11-16(22)19(25-12-14)27-9-3-2-4-10-27/h5-6,11-12H,2-4,7-10,23H2,1H3,(H,24,28). The van der Waals surface area contributed by atoms with Crippen molar-refractivity contribution < 1.29 is 4.79 Å². The number of amides is 1. The number of thiophene rings is 1. The molecule has 1 aliphatic heterocycles. The zero-order valence-electron chi connectivity index (χ0n) is 16.4. The summed E-state index contributed by atoms with van der Waals surface area (Å²) < 4.78 is 0. The van der Waals surface area contributed by atoms with Gasteiger partial charge in [-0.3, -0.25) is 4.79 Å². The molecular formula is C21H24ClN5OS. The normalized spacial score (nSPS) is 14.3. The largest absolute Gasteiger partial charge is 0.397 e. The van der Waals surface area contributed by atoms with Gasteiger partial charge < -0.3 is 16.0 Å². The number of carbonyl (C=O) groups is 1. The molecule has 3 N–H and O–H groups in total.